The van der Waals surface area contributed by atoms with Crippen molar-refractivity contribution in [2.75, 3.05) is 44.6 Å². The van der Waals surface area contributed by atoms with Gasteiger partial charge in [-0.3, -0.25) is 0 Å². The second-order valence-corrected chi connectivity index (χ2v) is 9.73. The summed E-state index contributed by atoms with van der Waals surface area (Å²) >= 11 is 0. The van der Waals surface area contributed by atoms with Gasteiger partial charge in [-0.25, -0.2) is 9.59 Å². The predicted molar refractivity (Wildman–Crippen MR) is 141 cm³/mol. The van der Waals surface area contributed by atoms with Crippen molar-refractivity contribution in [2.45, 2.75) is 47.0 Å². The van der Waals surface area contributed by atoms with Gasteiger partial charge >= 0.3 is 11.9 Å². The van der Waals surface area contributed by atoms with Crippen LogP contribution in [0.1, 0.15) is 66.8 Å². The lowest BCUT2D eigenvalue weighted by Crippen LogP contribution is -2.11. The first-order chi connectivity index (χ1) is 15.9. The number of anilines is 2. The molecule has 0 heterocycles. The zero-order chi connectivity index (χ0) is 25.8. The first-order valence-electron chi connectivity index (χ1n) is 11.9. The number of esters is 1. The fourth-order valence-electron chi connectivity index (χ4n) is 3.08. The van der Waals surface area contributed by atoms with Crippen LogP contribution in [0.5, 0.6) is 0 Å². The van der Waals surface area contributed by atoms with Gasteiger partial charge in [0.05, 0.1) is 17.7 Å². The van der Waals surface area contributed by atoms with Gasteiger partial charge in [-0.2, -0.15) is 0 Å². The Kier molecular flexibility index (Phi) is 12.2. The summed E-state index contributed by atoms with van der Waals surface area (Å²) in [6, 6.07) is 13.0. The summed E-state index contributed by atoms with van der Waals surface area (Å²) in [6.07, 6.45) is 2.74. The Hall–Kier alpha value is -3.02. The highest BCUT2D eigenvalue weighted by molar-refractivity contribution is 5.90. The van der Waals surface area contributed by atoms with E-state index in [2.05, 4.69) is 27.7 Å². The standard InChI is InChI=1S/2C14H21NO2/c1-11(2)9-10-17-14(16)12-5-7-13(8-6-12)15(3)4;1-10(2)5-6-11-9-12(15(3)4)7-8-13(11)14(16)17/h5-8,11H,9-10H2,1-4H3;7-10H,5-6H2,1-4H3,(H,16,17). The van der Waals surface area contributed by atoms with Crippen molar-refractivity contribution in [3.63, 3.8) is 0 Å². The Morgan fingerprint density at radius 3 is 1.82 bits per heavy atom. The van der Waals surface area contributed by atoms with Crippen LogP contribution < -0.4 is 9.80 Å². The van der Waals surface area contributed by atoms with Gasteiger partial charge in [-0.1, -0.05) is 27.7 Å². The molecular formula is C28H42N2O4. The van der Waals surface area contributed by atoms with Gasteiger partial charge < -0.3 is 19.6 Å². The van der Waals surface area contributed by atoms with Crippen molar-refractivity contribution in [2.24, 2.45) is 11.8 Å². The molecule has 0 atom stereocenters. The molecule has 1 N–H and O–H groups in total. The molecule has 0 saturated carbocycles. The van der Waals surface area contributed by atoms with Crippen LogP contribution in [0.2, 0.25) is 0 Å². The zero-order valence-corrected chi connectivity index (χ0v) is 22.1. The number of carboxylic acids is 1. The van der Waals surface area contributed by atoms with Crippen molar-refractivity contribution in [1.29, 1.82) is 0 Å². The average Bonchev–Trinajstić information content (AvgIpc) is 2.77. The minimum absolute atomic E-state index is 0.240. The molecule has 0 spiro atoms. The van der Waals surface area contributed by atoms with E-state index in [-0.39, 0.29) is 5.97 Å². The Bertz CT molecular complexity index is 903. The number of carbonyl (C=O) groups is 2. The SMILES string of the molecule is CC(C)CCOC(=O)c1ccc(N(C)C)cc1.CC(C)CCc1cc(N(C)C)ccc1C(=O)O. The summed E-state index contributed by atoms with van der Waals surface area (Å²) in [7, 11) is 7.86. The van der Waals surface area contributed by atoms with Crippen molar-refractivity contribution in [3.8, 4) is 0 Å². The summed E-state index contributed by atoms with van der Waals surface area (Å²) in [6.45, 7) is 9.01. The number of rotatable bonds is 10. The monoisotopic (exact) mass is 470 g/mol. The summed E-state index contributed by atoms with van der Waals surface area (Å²) in [5.74, 6) is 0.0589. The lowest BCUT2D eigenvalue weighted by Gasteiger charge is -2.16. The van der Waals surface area contributed by atoms with E-state index in [9.17, 15) is 9.59 Å². The molecule has 34 heavy (non-hydrogen) atoms. The zero-order valence-electron chi connectivity index (χ0n) is 22.1. The highest BCUT2D eigenvalue weighted by Gasteiger charge is 2.12. The van der Waals surface area contributed by atoms with Gasteiger partial charge in [0.25, 0.3) is 0 Å². The topological polar surface area (TPSA) is 70.1 Å². The normalized spacial score (nSPS) is 10.5. The van der Waals surface area contributed by atoms with E-state index >= 15 is 0 Å². The summed E-state index contributed by atoms with van der Waals surface area (Å²) in [4.78, 5) is 26.8. The molecule has 0 bridgehead atoms. The maximum atomic E-state index is 11.7. The molecule has 0 aliphatic rings. The number of carboxylic acid groups (broad SMARTS) is 1. The highest BCUT2D eigenvalue weighted by atomic mass is 16.5. The number of aromatic carboxylic acids is 1. The van der Waals surface area contributed by atoms with E-state index in [1.165, 1.54) is 0 Å². The molecule has 0 amide bonds. The van der Waals surface area contributed by atoms with Crippen LogP contribution in [-0.4, -0.2) is 51.8 Å². The maximum Gasteiger partial charge on any atom is 0.338 e. The lowest BCUT2D eigenvalue weighted by atomic mass is 9.98. The van der Waals surface area contributed by atoms with Gasteiger partial charge in [-0.15, -0.1) is 0 Å². The number of ether oxygens (including phenoxy) is 1. The quantitative estimate of drug-likeness (QED) is 0.430. The van der Waals surface area contributed by atoms with Crippen molar-refractivity contribution >= 4 is 23.3 Å². The van der Waals surface area contributed by atoms with Gasteiger partial charge in [0.2, 0.25) is 0 Å². The maximum absolute atomic E-state index is 11.7. The third-order valence-corrected chi connectivity index (χ3v) is 5.37. The summed E-state index contributed by atoms with van der Waals surface area (Å²) in [5, 5.41) is 9.15. The van der Waals surface area contributed by atoms with Crippen molar-refractivity contribution in [3.05, 3.63) is 59.2 Å². The van der Waals surface area contributed by atoms with Crippen LogP contribution in [0.3, 0.4) is 0 Å². The Labute approximate surface area is 205 Å². The molecule has 6 heteroatoms. The molecule has 0 aliphatic heterocycles. The summed E-state index contributed by atoms with van der Waals surface area (Å²) < 4.78 is 5.19. The molecule has 0 saturated heterocycles. The van der Waals surface area contributed by atoms with E-state index in [0.717, 1.165) is 36.2 Å². The van der Waals surface area contributed by atoms with Crippen LogP contribution in [0.15, 0.2) is 42.5 Å². The summed E-state index contributed by atoms with van der Waals surface area (Å²) in [5.41, 5.74) is 4.09. The number of aryl methyl sites for hydroxylation is 1. The molecule has 0 unspecified atom stereocenters. The van der Waals surface area contributed by atoms with Gasteiger partial charge in [0.15, 0.2) is 0 Å². The Balaban J connectivity index is 0.000000340. The van der Waals surface area contributed by atoms with E-state index in [0.29, 0.717) is 29.6 Å². The predicted octanol–water partition coefficient (Wildman–Crippen LogP) is 5.99. The Morgan fingerprint density at radius 1 is 0.824 bits per heavy atom. The van der Waals surface area contributed by atoms with Gasteiger partial charge in [0.1, 0.15) is 0 Å². The first kappa shape index (κ1) is 29.0. The minimum atomic E-state index is -0.839. The van der Waals surface area contributed by atoms with E-state index < -0.39 is 5.97 Å². The minimum Gasteiger partial charge on any atom is -0.478 e. The first-order valence-corrected chi connectivity index (χ1v) is 11.9. The number of hydrogen-bond donors (Lipinski definition) is 1. The second-order valence-electron chi connectivity index (χ2n) is 9.73. The molecule has 2 aromatic carbocycles. The average molecular weight is 471 g/mol. The molecule has 0 fully saturated rings. The van der Waals surface area contributed by atoms with Gasteiger partial charge in [-0.05, 0) is 79.1 Å². The van der Waals surface area contributed by atoms with Crippen LogP contribution in [-0.2, 0) is 11.2 Å². The molecule has 2 rings (SSSR count). The third kappa shape index (κ3) is 10.3. The van der Waals surface area contributed by atoms with Crippen LogP contribution in [0.4, 0.5) is 11.4 Å². The van der Waals surface area contributed by atoms with Gasteiger partial charge in [0, 0.05) is 39.6 Å². The largest absolute Gasteiger partial charge is 0.478 e. The highest BCUT2D eigenvalue weighted by Crippen LogP contribution is 2.21. The number of nitrogens with zero attached hydrogens (tertiary/aromatic N) is 2. The third-order valence-electron chi connectivity index (χ3n) is 5.37. The smallest absolute Gasteiger partial charge is 0.338 e. The van der Waals surface area contributed by atoms with Crippen molar-refractivity contribution in [1.82, 2.24) is 0 Å². The van der Waals surface area contributed by atoms with Crippen LogP contribution in [0, 0.1) is 11.8 Å². The number of hydrogen-bond acceptors (Lipinski definition) is 5. The van der Waals surface area contributed by atoms with Crippen molar-refractivity contribution < 1.29 is 19.4 Å². The molecule has 0 aliphatic carbocycles. The molecule has 6 nitrogen and oxygen atoms in total. The fourth-order valence-corrected chi connectivity index (χ4v) is 3.08. The Morgan fingerprint density at radius 2 is 1.35 bits per heavy atom. The molecular weight excluding hydrogens is 428 g/mol. The molecule has 2 aromatic rings. The molecule has 188 valence electrons. The van der Waals surface area contributed by atoms with E-state index in [1.807, 2.05) is 62.3 Å². The molecule has 0 aromatic heterocycles. The van der Waals surface area contributed by atoms with E-state index in [4.69, 9.17) is 9.84 Å². The number of carbonyl (C=O) groups excluding carboxylic acids is 1. The fraction of sp³-hybridized carbons (Fsp3) is 0.500. The van der Waals surface area contributed by atoms with Crippen LogP contribution >= 0.6 is 0 Å². The second kappa shape index (κ2) is 14.3. The van der Waals surface area contributed by atoms with Crippen LogP contribution in [0.25, 0.3) is 0 Å². The molecule has 0 radical (unpaired) electrons. The lowest BCUT2D eigenvalue weighted by molar-refractivity contribution is 0.0487. The van der Waals surface area contributed by atoms with E-state index in [1.54, 1.807) is 18.2 Å². The number of benzene rings is 2.